The van der Waals surface area contributed by atoms with E-state index in [1.54, 1.807) is 10.9 Å². The normalized spacial score (nSPS) is 18.2. The van der Waals surface area contributed by atoms with Crippen LogP contribution in [0.3, 0.4) is 0 Å². The highest BCUT2D eigenvalue weighted by molar-refractivity contribution is 5.97. The lowest BCUT2D eigenvalue weighted by molar-refractivity contribution is 0.0621. The number of hydrogen-bond donors (Lipinski definition) is 1. The summed E-state index contributed by atoms with van der Waals surface area (Å²) in [4.78, 5) is 19.4. The van der Waals surface area contributed by atoms with Crippen molar-refractivity contribution >= 4 is 16.9 Å². The molecule has 1 saturated heterocycles. The van der Waals surface area contributed by atoms with Crippen LogP contribution < -0.4 is 5.32 Å². The van der Waals surface area contributed by atoms with Gasteiger partial charge in [0.2, 0.25) is 0 Å². The minimum Gasteiger partial charge on any atom is -0.336 e. The molecular formula is C16H19N7O. The van der Waals surface area contributed by atoms with Crippen LogP contribution >= 0.6 is 0 Å². The number of nitrogens with zero attached hydrogens (tertiary/aromatic N) is 6. The Morgan fingerprint density at radius 2 is 2.21 bits per heavy atom. The van der Waals surface area contributed by atoms with Crippen LogP contribution in [0.1, 0.15) is 22.2 Å². The second-order valence-corrected chi connectivity index (χ2v) is 6.03. The predicted molar refractivity (Wildman–Crippen MR) is 88.4 cm³/mol. The van der Waals surface area contributed by atoms with Crippen LogP contribution in [-0.4, -0.2) is 55.0 Å². The minimum atomic E-state index is -0.0798. The van der Waals surface area contributed by atoms with Crippen molar-refractivity contribution < 1.29 is 4.79 Å². The fourth-order valence-electron chi connectivity index (χ4n) is 3.22. The van der Waals surface area contributed by atoms with E-state index in [2.05, 4.69) is 20.6 Å². The van der Waals surface area contributed by atoms with Crippen LogP contribution in [0.15, 0.2) is 30.6 Å². The highest BCUT2D eigenvalue weighted by Crippen LogP contribution is 2.23. The lowest BCUT2D eigenvalue weighted by Crippen LogP contribution is -2.49. The second-order valence-electron chi connectivity index (χ2n) is 6.03. The molecule has 1 aliphatic heterocycles. The zero-order chi connectivity index (χ0) is 16.7. The molecule has 1 unspecified atom stereocenters. The molecule has 1 aliphatic rings. The summed E-state index contributed by atoms with van der Waals surface area (Å²) < 4.78 is 3.66. The molecule has 1 aromatic carbocycles. The average molecular weight is 325 g/mol. The molecule has 0 saturated carbocycles. The zero-order valence-corrected chi connectivity index (χ0v) is 13.7. The molecule has 0 aliphatic carbocycles. The van der Waals surface area contributed by atoms with Gasteiger partial charge in [-0.15, -0.1) is 5.10 Å². The quantitative estimate of drug-likeness (QED) is 0.741. The molecule has 0 bridgehead atoms. The topological polar surface area (TPSA) is 80.9 Å². The average Bonchev–Trinajstić information content (AvgIpc) is 3.20. The van der Waals surface area contributed by atoms with Crippen molar-refractivity contribution in [3.63, 3.8) is 0 Å². The lowest BCUT2D eigenvalue weighted by atomic mass is 10.1. The van der Waals surface area contributed by atoms with Crippen molar-refractivity contribution in [2.45, 2.75) is 6.04 Å². The SMILES string of the molecule is Cn1ccnc1C1CNCCN1C(=O)c1ccc2c(c1)nnn2C. The lowest BCUT2D eigenvalue weighted by Gasteiger charge is -2.35. The number of carbonyl (C=O) groups is 1. The van der Waals surface area contributed by atoms with Gasteiger partial charge in [-0.2, -0.15) is 0 Å². The maximum absolute atomic E-state index is 13.1. The number of fused-ring (bicyclic) bond motifs is 1. The molecule has 8 nitrogen and oxygen atoms in total. The highest BCUT2D eigenvalue weighted by Gasteiger charge is 2.31. The number of hydrogen-bond acceptors (Lipinski definition) is 5. The van der Waals surface area contributed by atoms with E-state index >= 15 is 0 Å². The number of nitrogens with one attached hydrogen (secondary N) is 1. The first kappa shape index (κ1) is 14.8. The minimum absolute atomic E-state index is 0.00273. The largest absolute Gasteiger partial charge is 0.336 e. The van der Waals surface area contributed by atoms with Crippen LogP contribution in [0, 0.1) is 0 Å². The smallest absolute Gasteiger partial charge is 0.254 e. The molecule has 3 heterocycles. The molecule has 0 spiro atoms. The van der Waals surface area contributed by atoms with Crippen molar-refractivity contribution in [3.8, 4) is 0 Å². The summed E-state index contributed by atoms with van der Waals surface area (Å²) in [5, 5.41) is 11.4. The number of rotatable bonds is 2. The summed E-state index contributed by atoms with van der Waals surface area (Å²) in [5.74, 6) is 0.883. The zero-order valence-electron chi connectivity index (χ0n) is 13.7. The number of aryl methyl sites for hydroxylation is 2. The van der Waals surface area contributed by atoms with Crippen LogP contribution in [-0.2, 0) is 14.1 Å². The molecular weight excluding hydrogens is 306 g/mol. The highest BCUT2D eigenvalue weighted by atomic mass is 16.2. The Kier molecular flexibility index (Phi) is 3.53. The Hall–Kier alpha value is -2.74. The first-order valence-corrected chi connectivity index (χ1v) is 7.93. The molecule has 124 valence electrons. The molecule has 1 atom stereocenters. The van der Waals surface area contributed by atoms with E-state index in [-0.39, 0.29) is 11.9 Å². The van der Waals surface area contributed by atoms with Gasteiger partial charge in [0, 0.05) is 51.7 Å². The van der Waals surface area contributed by atoms with E-state index < -0.39 is 0 Å². The fraction of sp³-hybridized carbons (Fsp3) is 0.375. The van der Waals surface area contributed by atoms with Gasteiger partial charge in [0.05, 0.1) is 5.52 Å². The van der Waals surface area contributed by atoms with E-state index in [1.807, 2.05) is 48.0 Å². The number of carbonyl (C=O) groups excluding carboxylic acids is 1. The van der Waals surface area contributed by atoms with Crippen LogP contribution in [0.25, 0.3) is 11.0 Å². The van der Waals surface area contributed by atoms with Crippen molar-refractivity contribution in [2.75, 3.05) is 19.6 Å². The van der Waals surface area contributed by atoms with Crippen LogP contribution in [0.4, 0.5) is 0 Å². The monoisotopic (exact) mass is 325 g/mol. The second kappa shape index (κ2) is 5.72. The number of amides is 1. The Morgan fingerprint density at radius 3 is 3.00 bits per heavy atom. The summed E-state index contributed by atoms with van der Waals surface area (Å²) in [6, 6.07) is 5.46. The standard InChI is InChI=1S/C16H19N7O/c1-21-7-6-18-15(21)14-10-17-5-8-23(14)16(24)11-3-4-13-12(9-11)19-20-22(13)2/h3-4,6-7,9,14,17H,5,8,10H2,1-2H3. The van der Waals surface area contributed by atoms with Gasteiger partial charge in [-0.3, -0.25) is 4.79 Å². The predicted octanol–water partition coefficient (Wildman–Crippen LogP) is 0.488. The Labute approximate surface area is 139 Å². The van der Waals surface area contributed by atoms with Gasteiger partial charge in [-0.05, 0) is 18.2 Å². The van der Waals surface area contributed by atoms with Crippen molar-refractivity contribution in [1.29, 1.82) is 0 Å². The molecule has 24 heavy (non-hydrogen) atoms. The van der Waals surface area contributed by atoms with Gasteiger partial charge in [-0.1, -0.05) is 5.21 Å². The third-order valence-corrected chi connectivity index (χ3v) is 4.52. The Balaban J connectivity index is 1.68. The van der Waals surface area contributed by atoms with Gasteiger partial charge in [0.1, 0.15) is 17.4 Å². The molecule has 3 aromatic rings. The number of imidazole rings is 1. The summed E-state index contributed by atoms with van der Waals surface area (Å²) in [7, 11) is 3.79. The van der Waals surface area contributed by atoms with Gasteiger partial charge in [-0.25, -0.2) is 9.67 Å². The molecule has 0 radical (unpaired) electrons. The van der Waals surface area contributed by atoms with E-state index in [0.717, 1.165) is 23.4 Å². The number of aromatic nitrogens is 5. The summed E-state index contributed by atoms with van der Waals surface area (Å²) in [5.41, 5.74) is 2.27. The third kappa shape index (κ3) is 2.35. The molecule has 1 amide bonds. The van der Waals surface area contributed by atoms with Crippen molar-refractivity contribution in [2.24, 2.45) is 14.1 Å². The number of piperazine rings is 1. The van der Waals surface area contributed by atoms with Crippen molar-refractivity contribution in [1.82, 2.24) is 34.8 Å². The molecule has 1 N–H and O–H groups in total. The van der Waals surface area contributed by atoms with Crippen LogP contribution in [0.2, 0.25) is 0 Å². The molecule has 4 rings (SSSR count). The van der Waals surface area contributed by atoms with Crippen molar-refractivity contribution in [3.05, 3.63) is 42.0 Å². The summed E-state index contributed by atoms with van der Waals surface area (Å²) in [6.07, 6.45) is 3.66. The Bertz CT molecular complexity index is 897. The summed E-state index contributed by atoms with van der Waals surface area (Å²) in [6.45, 7) is 2.12. The Morgan fingerprint density at radius 1 is 1.33 bits per heavy atom. The van der Waals surface area contributed by atoms with E-state index in [1.165, 1.54) is 0 Å². The van der Waals surface area contributed by atoms with Gasteiger partial charge in [0.25, 0.3) is 5.91 Å². The van der Waals surface area contributed by atoms with Gasteiger partial charge >= 0.3 is 0 Å². The first-order chi connectivity index (χ1) is 11.6. The van der Waals surface area contributed by atoms with Gasteiger partial charge < -0.3 is 14.8 Å². The van der Waals surface area contributed by atoms with E-state index in [4.69, 9.17) is 0 Å². The van der Waals surface area contributed by atoms with E-state index in [0.29, 0.717) is 18.7 Å². The molecule has 8 heteroatoms. The molecule has 2 aromatic heterocycles. The fourth-order valence-corrected chi connectivity index (χ4v) is 3.22. The first-order valence-electron chi connectivity index (χ1n) is 7.93. The maximum atomic E-state index is 13.1. The van der Waals surface area contributed by atoms with E-state index in [9.17, 15) is 4.79 Å². The maximum Gasteiger partial charge on any atom is 0.254 e. The summed E-state index contributed by atoms with van der Waals surface area (Å²) >= 11 is 0. The third-order valence-electron chi connectivity index (χ3n) is 4.52. The van der Waals surface area contributed by atoms with Crippen LogP contribution in [0.5, 0.6) is 0 Å². The molecule has 1 fully saturated rings. The number of benzene rings is 1. The van der Waals surface area contributed by atoms with Gasteiger partial charge in [0.15, 0.2) is 0 Å².